The van der Waals surface area contributed by atoms with E-state index >= 15 is 0 Å². The molecule has 5 heteroatoms. The summed E-state index contributed by atoms with van der Waals surface area (Å²) >= 11 is 0. The zero-order valence-corrected chi connectivity index (χ0v) is 15.6. The van der Waals surface area contributed by atoms with Crippen LogP contribution in [0.1, 0.15) is 40.2 Å². The van der Waals surface area contributed by atoms with Crippen molar-refractivity contribution in [1.82, 2.24) is 0 Å². The van der Waals surface area contributed by atoms with Gasteiger partial charge >= 0.3 is 0 Å². The molecule has 4 nitrogen and oxygen atoms in total. The van der Waals surface area contributed by atoms with Crippen molar-refractivity contribution in [3.63, 3.8) is 0 Å². The van der Waals surface area contributed by atoms with E-state index < -0.39 is 10.1 Å². The Morgan fingerprint density at radius 3 is 2.42 bits per heavy atom. The number of fused-ring (bicyclic) bond motifs is 3. The molecule has 0 aromatic heterocycles. The third-order valence-corrected chi connectivity index (χ3v) is 5.93. The van der Waals surface area contributed by atoms with Gasteiger partial charge in [0, 0.05) is 29.9 Å². The largest absolute Gasteiger partial charge is 0.295 e. The van der Waals surface area contributed by atoms with Crippen molar-refractivity contribution in [2.75, 3.05) is 6.54 Å². The van der Waals surface area contributed by atoms with Crippen LogP contribution in [0.4, 0.5) is 5.69 Å². The second-order valence-electron chi connectivity index (χ2n) is 7.50. The first-order valence-electron chi connectivity index (χ1n) is 8.20. The Bertz CT molecular complexity index is 970. The molecular formula is C19H24NO3S+. The predicted molar refractivity (Wildman–Crippen MR) is 97.1 cm³/mol. The zero-order valence-electron chi connectivity index (χ0n) is 14.8. The Labute approximate surface area is 143 Å². The van der Waals surface area contributed by atoms with Crippen molar-refractivity contribution < 1.29 is 17.5 Å². The van der Waals surface area contributed by atoms with E-state index in [0.717, 1.165) is 23.2 Å². The Morgan fingerprint density at radius 1 is 1.17 bits per heavy atom. The van der Waals surface area contributed by atoms with Crippen LogP contribution >= 0.6 is 0 Å². The van der Waals surface area contributed by atoms with Crippen molar-refractivity contribution in [2.24, 2.45) is 5.92 Å². The minimum Gasteiger partial charge on any atom is -0.282 e. The van der Waals surface area contributed by atoms with Gasteiger partial charge in [0.15, 0.2) is 12.3 Å². The molecule has 2 aromatic carbocycles. The topological polar surface area (TPSA) is 57.4 Å². The van der Waals surface area contributed by atoms with Gasteiger partial charge in [-0.05, 0) is 31.4 Å². The summed E-state index contributed by atoms with van der Waals surface area (Å²) in [5.74, 6) is 0.481. The molecule has 1 heterocycles. The minimum atomic E-state index is -4.29. The maximum atomic E-state index is 11.9. The third-order valence-electron chi connectivity index (χ3n) is 5.04. The Hall–Kier alpha value is -1.72. The second kappa shape index (κ2) is 5.39. The van der Waals surface area contributed by atoms with E-state index in [4.69, 9.17) is 0 Å². The maximum Gasteiger partial charge on any atom is 0.295 e. The number of hydrogen-bond acceptors (Lipinski definition) is 2. The van der Waals surface area contributed by atoms with Crippen LogP contribution in [0.2, 0.25) is 0 Å². The predicted octanol–water partition coefficient (Wildman–Crippen LogP) is 4.14. The Morgan fingerprint density at radius 2 is 1.83 bits per heavy atom. The van der Waals surface area contributed by atoms with Gasteiger partial charge in [0.25, 0.3) is 10.1 Å². The molecule has 2 aromatic rings. The van der Waals surface area contributed by atoms with Crippen molar-refractivity contribution >= 4 is 32.3 Å². The van der Waals surface area contributed by atoms with Gasteiger partial charge in [-0.15, -0.1) is 0 Å². The molecule has 1 aliphatic rings. The summed E-state index contributed by atoms with van der Waals surface area (Å²) in [5.41, 5.74) is 2.91. The van der Waals surface area contributed by atoms with E-state index in [-0.39, 0.29) is 10.3 Å². The lowest BCUT2D eigenvalue weighted by Gasteiger charge is -2.18. The molecule has 0 saturated carbocycles. The number of rotatable bonds is 3. The SMILES string of the molecule is CC1=[N+](CC(C)C)c2ccc3cccc(S(=O)(=O)O)c3c2C1(C)C. The van der Waals surface area contributed by atoms with Crippen molar-refractivity contribution in [3.05, 3.63) is 35.9 Å². The molecule has 0 saturated heterocycles. The zero-order chi connectivity index (χ0) is 17.9. The Kier molecular flexibility index (Phi) is 3.85. The first-order chi connectivity index (χ1) is 11.0. The fraction of sp³-hybridized carbons (Fsp3) is 0.421. The van der Waals surface area contributed by atoms with Gasteiger partial charge in [-0.3, -0.25) is 4.55 Å². The summed E-state index contributed by atoms with van der Waals surface area (Å²) in [6.45, 7) is 11.5. The summed E-state index contributed by atoms with van der Waals surface area (Å²) in [4.78, 5) is -0.0101. The lowest BCUT2D eigenvalue weighted by Crippen LogP contribution is -2.28. The first-order valence-corrected chi connectivity index (χ1v) is 9.64. The monoisotopic (exact) mass is 346 g/mol. The molecule has 0 atom stereocenters. The maximum absolute atomic E-state index is 11.9. The molecule has 3 rings (SSSR count). The Balaban J connectivity index is 2.45. The molecule has 0 radical (unpaired) electrons. The number of nitrogens with zero attached hydrogens (tertiary/aromatic N) is 1. The highest BCUT2D eigenvalue weighted by atomic mass is 32.2. The molecule has 0 amide bonds. The molecule has 0 spiro atoms. The molecule has 1 N–H and O–H groups in total. The van der Waals surface area contributed by atoms with E-state index in [9.17, 15) is 13.0 Å². The summed E-state index contributed by atoms with van der Waals surface area (Å²) in [5, 5.41) is 1.46. The van der Waals surface area contributed by atoms with Gasteiger partial charge in [0.2, 0.25) is 5.69 Å². The van der Waals surface area contributed by atoms with Crippen LogP contribution in [-0.4, -0.2) is 29.8 Å². The molecule has 1 aliphatic heterocycles. The van der Waals surface area contributed by atoms with Crippen LogP contribution in [-0.2, 0) is 15.5 Å². The molecular weight excluding hydrogens is 322 g/mol. The number of benzene rings is 2. The van der Waals surface area contributed by atoms with E-state index in [1.54, 1.807) is 6.07 Å². The fourth-order valence-corrected chi connectivity index (χ4v) is 4.44. The highest BCUT2D eigenvalue weighted by Gasteiger charge is 2.45. The number of hydrogen-bond donors (Lipinski definition) is 1. The summed E-state index contributed by atoms with van der Waals surface area (Å²) in [6, 6.07) is 9.04. The molecule has 0 unspecified atom stereocenters. The van der Waals surface area contributed by atoms with Crippen molar-refractivity contribution in [3.8, 4) is 0 Å². The van der Waals surface area contributed by atoms with Crippen LogP contribution in [0.25, 0.3) is 10.8 Å². The van der Waals surface area contributed by atoms with Gasteiger partial charge in [-0.1, -0.05) is 26.0 Å². The lowest BCUT2D eigenvalue weighted by molar-refractivity contribution is -0.446. The lowest BCUT2D eigenvalue weighted by atomic mass is 9.80. The first kappa shape index (κ1) is 17.1. The van der Waals surface area contributed by atoms with Crippen LogP contribution in [0.5, 0.6) is 0 Å². The standard InChI is InChI=1S/C19H23NO3S/c1-12(2)11-20-13(3)19(4,5)18-15(20)10-9-14-7-6-8-16(17(14)18)24(21,22)23/h6-10,12H,11H2,1-5H3/p+1. The summed E-state index contributed by atoms with van der Waals surface area (Å²) < 4.78 is 35.9. The van der Waals surface area contributed by atoms with E-state index in [1.165, 1.54) is 11.8 Å². The van der Waals surface area contributed by atoms with Crippen LogP contribution < -0.4 is 0 Å². The van der Waals surface area contributed by atoms with Crippen LogP contribution in [0, 0.1) is 5.92 Å². The highest BCUT2D eigenvalue weighted by molar-refractivity contribution is 7.86. The van der Waals surface area contributed by atoms with Crippen molar-refractivity contribution in [2.45, 2.75) is 44.9 Å². The molecule has 0 fully saturated rings. The third kappa shape index (κ3) is 2.47. The molecule has 24 heavy (non-hydrogen) atoms. The smallest absolute Gasteiger partial charge is 0.282 e. The van der Waals surface area contributed by atoms with Crippen LogP contribution in [0.3, 0.4) is 0 Å². The summed E-state index contributed by atoms with van der Waals surface area (Å²) in [6.07, 6.45) is 0. The quantitative estimate of drug-likeness (QED) is 0.671. The van der Waals surface area contributed by atoms with Gasteiger partial charge in [-0.25, -0.2) is 0 Å². The minimum absolute atomic E-state index is 0.0101. The van der Waals surface area contributed by atoms with E-state index in [2.05, 4.69) is 45.3 Å². The average molecular weight is 346 g/mol. The molecule has 128 valence electrons. The van der Waals surface area contributed by atoms with Gasteiger partial charge in [-0.2, -0.15) is 13.0 Å². The van der Waals surface area contributed by atoms with E-state index in [0.29, 0.717) is 11.3 Å². The molecule has 0 aliphatic carbocycles. The van der Waals surface area contributed by atoms with Gasteiger partial charge < -0.3 is 0 Å². The normalized spacial score (nSPS) is 17.0. The van der Waals surface area contributed by atoms with E-state index in [1.807, 2.05) is 12.1 Å². The van der Waals surface area contributed by atoms with Crippen LogP contribution in [0.15, 0.2) is 35.2 Å². The molecule has 0 bridgehead atoms. The average Bonchev–Trinajstić information content (AvgIpc) is 2.66. The van der Waals surface area contributed by atoms with Gasteiger partial charge in [0.1, 0.15) is 4.90 Å². The highest BCUT2D eigenvalue weighted by Crippen LogP contribution is 2.45. The van der Waals surface area contributed by atoms with Gasteiger partial charge in [0.05, 0.1) is 5.41 Å². The second-order valence-corrected chi connectivity index (χ2v) is 8.89. The fourth-order valence-electron chi connectivity index (χ4n) is 3.71. The van der Waals surface area contributed by atoms with Crippen molar-refractivity contribution in [1.29, 1.82) is 0 Å². The summed E-state index contributed by atoms with van der Waals surface area (Å²) in [7, 11) is -4.29.